The number of nitrogens with one attached hydrogen (secondary N) is 1. The molecule has 0 bridgehead atoms. The van der Waals surface area contributed by atoms with Gasteiger partial charge in [0.1, 0.15) is 11.5 Å². The topological polar surface area (TPSA) is 45.8 Å². The molecule has 0 aliphatic heterocycles. The molecule has 1 N–H and O–H groups in total. The smallest absolute Gasteiger partial charge is 0.270 e. The number of aromatic nitrogens is 2. The van der Waals surface area contributed by atoms with Gasteiger partial charge < -0.3 is 4.98 Å². The van der Waals surface area contributed by atoms with Crippen molar-refractivity contribution in [2.45, 2.75) is 18.7 Å². The fourth-order valence-electron chi connectivity index (χ4n) is 1.53. The zero-order valence-electron chi connectivity index (χ0n) is 9.09. The Kier molecular flexibility index (Phi) is 4.82. The number of rotatable bonds is 2. The summed E-state index contributed by atoms with van der Waals surface area (Å²) in [5.41, 5.74) is 1.78. The van der Waals surface area contributed by atoms with Crippen LogP contribution in [-0.2, 0) is 11.8 Å². The number of nitrogens with zero attached hydrogens (tertiary/aromatic N) is 1. The van der Waals surface area contributed by atoms with Gasteiger partial charge in [-0.25, -0.2) is 9.37 Å². The minimum Gasteiger partial charge on any atom is -0.319 e. The molecule has 1 aromatic carbocycles. The number of benzene rings is 1. The molecule has 0 radical (unpaired) electrons. The molecule has 0 aliphatic carbocycles. The molecule has 0 spiro atoms. The highest BCUT2D eigenvalue weighted by molar-refractivity contribution is 9.08. The molecule has 0 saturated heterocycles. The van der Waals surface area contributed by atoms with Crippen LogP contribution in [-0.4, -0.2) is 9.97 Å². The first-order valence-corrected chi connectivity index (χ1v) is 6.05. The maximum absolute atomic E-state index is 13.5. The third kappa shape index (κ3) is 2.74. The second-order valence-electron chi connectivity index (χ2n) is 3.46. The van der Waals surface area contributed by atoms with Crippen molar-refractivity contribution >= 4 is 43.9 Å². The van der Waals surface area contributed by atoms with Crippen LogP contribution in [0.1, 0.15) is 18.2 Å². The van der Waals surface area contributed by atoms with Crippen molar-refractivity contribution in [2.75, 3.05) is 0 Å². The van der Waals surface area contributed by atoms with E-state index in [1.807, 2.05) is 6.92 Å². The van der Waals surface area contributed by atoms with Crippen molar-refractivity contribution in [3.8, 4) is 0 Å². The maximum atomic E-state index is 13.5. The van der Waals surface area contributed by atoms with Crippen molar-refractivity contribution in [3.63, 3.8) is 0 Å². The van der Waals surface area contributed by atoms with E-state index in [4.69, 9.17) is 0 Å². The SMILES string of the molecule is Br.CCc1nc2cc(F)c(CBr)cc2[nH]c1=O. The van der Waals surface area contributed by atoms with Gasteiger partial charge in [-0.2, -0.15) is 0 Å². The Balaban J connectivity index is 0.00000144. The monoisotopic (exact) mass is 364 g/mol. The van der Waals surface area contributed by atoms with Gasteiger partial charge in [0.2, 0.25) is 0 Å². The van der Waals surface area contributed by atoms with Crippen LogP contribution in [0.15, 0.2) is 16.9 Å². The Hall–Kier alpha value is -0.750. The zero-order valence-corrected chi connectivity index (χ0v) is 12.4. The van der Waals surface area contributed by atoms with Gasteiger partial charge in [0.25, 0.3) is 5.56 Å². The van der Waals surface area contributed by atoms with E-state index < -0.39 is 0 Å². The molecule has 0 saturated carbocycles. The Morgan fingerprint density at radius 1 is 1.47 bits per heavy atom. The Labute approximate surface area is 116 Å². The first-order valence-electron chi connectivity index (χ1n) is 4.93. The summed E-state index contributed by atoms with van der Waals surface area (Å²) in [5, 5.41) is 0.409. The highest BCUT2D eigenvalue weighted by Crippen LogP contribution is 2.17. The molecule has 17 heavy (non-hydrogen) atoms. The predicted octanol–water partition coefficient (Wildman–Crippen LogP) is 3.10. The molecule has 3 nitrogen and oxygen atoms in total. The summed E-state index contributed by atoms with van der Waals surface area (Å²) in [6.07, 6.45) is 0.535. The number of hydrogen-bond acceptors (Lipinski definition) is 2. The van der Waals surface area contributed by atoms with E-state index in [9.17, 15) is 9.18 Å². The molecule has 0 amide bonds. The van der Waals surface area contributed by atoms with Gasteiger partial charge in [-0.1, -0.05) is 22.9 Å². The van der Waals surface area contributed by atoms with E-state index in [-0.39, 0.29) is 28.4 Å². The molecule has 2 aromatic rings. The molecular formula is C11H11Br2FN2O. The second kappa shape index (κ2) is 5.73. The molecule has 92 valence electrons. The Morgan fingerprint density at radius 2 is 2.18 bits per heavy atom. The molecule has 0 fully saturated rings. The molecule has 6 heteroatoms. The van der Waals surface area contributed by atoms with E-state index in [0.717, 1.165) is 0 Å². The first-order chi connectivity index (χ1) is 7.65. The highest BCUT2D eigenvalue weighted by atomic mass is 79.9. The minimum absolute atomic E-state index is 0. The van der Waals surface area contributed by atoms with Crippen molar-refractivity contribution in [3.05, 3.63) is 39.6 Å². The van der Waals surface area contributed by atoms with Crippen LogP contribution in [0.25, 0.3) is 11.0 Å². The lowest BCUT2D eigenvalue weighted by atomic mass is 10.2. The van der Waals surface area contributed by atoms with Crippen molar-refractivity contribution in [1.29, 1.82) is 0 Å². The normalized spacial score (nSPS) is 10.3. The van der Waals surface area contributed by atoms with Gasteiger partial charge in [-0.05, 0) is 12.5 Å². The van der Waals surface area contributed by atoms with Gasteiger partial charge >= 0.3 is 0 Å². The highest BCUT2D eigenvalue weighted by Gasteiger charge is 2.07. The lowest BCUT2D eigenvalue weighted by Gasteiger charge is -2.03. The predicted molar refractivity (Wildman–Crippen MR) is 74.7 cm³/mol. The molecule has 1 heterocycles. The van der Waals surface area contributed by atoms with Crippen LogP contribution in [0.2, 0.25) is 0 Å². The molecule has 0 atom stereocenters. The van der Waals surface area contributed by atoms with Gasteiger partial charge in [-0.3, -0.25) is 4.79 Å². The summed E-state index contributed by atoms with van der Waals surface area (Å²) in [6, 6.07) is 2.95. The quantitative estimate of drug-likeness (QED) is 0.831. The molecule has 0 aliphatic rings. The third-order valence-corrected chi connectivity index (χ3v) is 3.01. The average molecular weight is 366 g/mol. The largest absolute Gasteiger partial charge is 0.319 e. The van der Waals surface area contributed by atoms with Crippen LogP contribution in [0, 0.1) is 5.82 Å². The lowest BCUT2D eigenvalue weighted by Crippen LogP contribution is -2.14. The summed E-state index contributed by atoms with van der Waals surface area (Å²) in [6.45, 7) is 1.84. The lowest BCUT2D eigenvalue weighted by molar-refractivity contribution is 0.619. The summed E-state index contributed by atoms with van der Waals surface area (Å²) < 4.78 is 13.5. The fourth-order valence-corrected chi connectivity index (χ4v) is 1.96. The fraction of sp³-hybridized carbons (Fsp3) is 0.273. The number of hydrogen-bond donors (Lipinski definition) is 1. The van der Waals surface area contributed by atoms with Crippen LogP contribution in [0.3, 0.4) is 0 Å². The van der Waals surface area contributed by atoms with Crippen molar-refractivity contribution in [2.24, 2.45) is 0 Å². The van der Waals surface area contributed by atoms with E-state index in [2.05, 4.69) is 25.9 Å². The van der Waals surface area contributed by atoms with Gasteiger partial charge in [-0.15, -0.1) is 17.0 Å². The number of aromatic amines is 1. The average Bonchev–Trinajstić information content (AvgIpc) is 2.28. The third-order valence-electron chi connectivity index (χ3n) is 2.41. The number of fused-ring (bicyclic) bond motifs is 1. The van der Waals surface area contributed by atoms with E-state index in [1.165, 1.54) is 6.07 Å². The van der Waals surface area contributed by atoms with Crippen molar-refractivity contribution in [1.82, 2.24) is 9.97 Å². The van der Waals surface area contributed by atoms with Crippen molar-refractivity contribution < 1.29 is 4.39 Å². The summed E-state index contributed by atoms with van der Waals surface area (Å²) in [4.78, 5) is 18.4. The molecule has 1 aromatic heterocycles. The molecule has 2 rings (SSSR count). The number of alkyl halides is 1. The van der Waals surface area contributed by atoms with Gasteiger partial charge in [0.05, 0.1) is 11.0 Å². The molecule has 0 unspecified atom stereocenters. The number of aryl methyl sites for hydroxylation is 1. The number of H-pyrrole nitrogens is 1. The van der Waals surface area contributed by atoms with E-state index in [1.54, 1.807) is 6.07 Å². The van der Waals surface area contributed by atoms with Crippen LogP contribution >= 0.6 is 32.9 Å². The Bertz CT molecular complexity index is 598. The maximum Gasteiger partial charge on any atom is 0.270 e. The van der Waals surface area contributed by atoms with Crippen LogP contribution in [0.5, 0.6) is 0 Å². The standard InChI is InChI=1S/C11H10BrFN2O.BrH/c1-2-8-11(16)15-9-3-6(5-12)7(13)4-10(9)14-8;/h3-4H,2,5H2,1H3,(H,15,16);1H. The molecular weight excluding hydrogens is 355 g/mol. The van der Waals surface area contributed by atoms with E-state index >= 15 is 0 Å². The zero-order chi connectivity index (χ0) is 11.7. The first kappa shape index (κ1) is 14.3. The van der Waals surface area contributed by atoms with E-state index in [0.29, 0.717) is 34.0 Å². The summed E-state index contributed by atoms with van der Waals surface area (Å²) in [7, 11) is 0. The number of halogens is 3. The van der Waals surface area contributed by atoms with Gasteiger partial charge in [0, 0.05) is 17.0 Å². The Morgan fingerprint density at radius 3 is 2.76 bits per heavy atom. The second-order valence-corrected chi connectivity index (χ2v) is 4.02. The van der Waals surface area contributed by atoms with Crippen LogP contribution < -0.4 is 5.56 Å². The minimum atomic E-state index is -0.314. The summed E-state index contributed by atoms with van der Waals surface area (Å²) >= 11 is 3.19. The summed E-state index contributed by atoms with van der Waals surface area (Å²) in [5.74, 6) is -0.314. The van der Waals surface area contributed by atoms with Crippen LogP contribution in [0.4, 0.5) is 4.39 Å². The van der Waals surface area contributed by atoms with Gasteiger partial charge in [0.15, 0.2) is 0 Å².